The minimum atomic E-state index is 1.19. The largest absolute Gasteiger partial charge is 0.377 e. The van der Waals surface area contributed by atoms with Crippen molar-refractivity contribution in [3.8, 4) is 10.4 Å². The molecule has 0 aromatic carbocycles. The van der Waals surface area contributed by atoms with Gasteiger partial charge in [0.1, 0.15) is 0 Å². The van der Waals surface area contributed by atoms with E-state index in [-0.39, 0.29) is 0 Å². The zero-order chi connectivity index (χ0) is 9.97. The molecule has 14 heavy (non-hydrogen) atoms. The molecule has 2 nitrogen and oxygen atoms in total. The van der Waals surface area contributed by atoms with Crippen LogP contribution < -0.4 is 4.90 Å². The first-order valence-electron chi connectivity index (χ1n) is 4.43. The molecular formula is C11H12N2S. The molecule has 0 radical (unpaired) electrons. The molecular weight excluding hydrogens is 192 g/mol. The summed E-state index contributed by atoms with van der Waals surface area (Å²) in [6.45, 7) is 0. The summed E-state index contributed by atoms with van der Waals surface area (Å²) in [6.07, 6.45) is 3.69. The van der Waals surface area contributed by atoms with Crippen LogP contribution in [0.5, 0.6) is 0 Å². The van der Waals surface area contributed by atoms with Crippen molar-refractivity contribution in [2.75, 3.05) is 19.0 Å². The molecule has 0 unspecified atom stereocenters. The molecule has 0 aliphatic rings. The van der Waals surface area contributed by atoms with Crippen LogP contribution in [-0.2, 0) is 0 Å². The Bertz CT molecular complexity index is 406. The van der Waals surface area contributed by atoms with Crippen molar-refractivity contribution in [3.63, 3.8) is 0 Å². The van der Waals surface area contributed by atoms with Gasteiger partial charge in [-0.2, -0.15) is 0 Å². The highest BCUT2D eigenvalue weighted by Crippen LogP contribution is 2.30. The van der Waals surface area contributed by atoms with Gasteiger partial charge < -0.3 is 4.90 Å². The minimum absolute atomic E-state index is 1.19. The van der Waals surface area contributed by atoms with Gasteiger partial charge in [-0.05, 0) is 12.1 Å². The third-order valence-corrected chi connectivity index (χ3v) is 3.01. The van der Waals surface area contributed by atoms with Crippen molar-refractivity contribution in [1.82, 2.24) is 4.98 Å². The van der Waals surface area contributed by atoms with Gasteiger partial charge in [0.15, 0.2) is 0 Å². The number of pyridine rings is 1. The lowest BCUT2D eigenvalue weighted by Gasteiger charge is -2.07. The van der Waals surface area contributed by atoms with Gasteiger partial charge in [-0.3, -0.25) is 4.98 Å². The number of rotatable bonds is 2. The van der Waals surface area contributed by atoms with E-state index in [1.54, 1.807) is 17.5 Å². The molecule has 2 aromatic heterocycles. The fraction of sp³-hybridized carbons (Fsp3) is 0.182. The van der Waals surface area contributed by atoms with E-state index in [9.17, 15) is 0 Å². The van der Waals surface area contributed by atoms with Crippen molar-refractivity contribution >= 4 is 17.0 Å². The number of thiophene rings is 1. The fourth-order valence-corrected chi connectivity index (χ4v) is 2.19. The van der Waals surface area contributed by atoms with Crippen molar-refractivity contribution < 1.29 is 0 Å². The Balaban J connectivity index is 2.34. The van der Waals surface area contributed by atoms with E-state index >= 15 is 0 Å². The van der Waals surface area contributed by atoms with Crippen molar-refractivity contribution in [1.29, 1.82) is 0 Å². The minimum Gasteiger partial charge on any atom is -0.377 e. The normalized spacial score (nSPS) is 10.1. The summed E-state index contributed by atoms with van der Waals surface area (Å²) < 4.78 is 0. The monoisotopic (exact) mass is 204 g/mol. The van der Waals surface area contributed by atoms with Gasteiger partial charge in [0.2, 0.25) is 0 Å². The van der Waals surface area contributed by atoms with Crippen molar-refractivity contribution in [2.45, 2.75) is 0 Å². The topological polar surface area (TPSA) is 16.1 Å². The summed E-state index contributed by atoms with van der Waals surface area (Å²) in [5.41, 5.74) is 2.43. The second-order valence-corrected chi connectivity index (χ2v) is 4.22. The summed E-state index contributed by atoms with van der Waals surface area (Å²) in [7, 11) is 4.10. The molecule has 2 rings (SSSR count). The quantitative estimate of drug-likeness (QED) is 0.747. The van der Waals surface area contributed by atoms with E-state index in [4.69, 9.17) is 0 Å². The second kappa shape index (κ2) is 3.80. The molecule has 0 saturated heterocycles. The summed E-state index contributed by atoms with van der Waals surface area (Å²) in [5, 5.41) is 2.16. The Hall–Kier alpha value is -1.35. The summed E-state index contributed by atoms with van der Waals surface area (Å²) in [5.74, 6) is 0. The zero-order valence-electron chi connectivity index (χ0n) is 8.27. The highest BCUT2D eigenvalue weighted by atomic mass is 32.1. The number of anilines is 1. The van der Waals surface area contributed by atoms with Crippen LogP contribution in [-0.4, -0.2) is 19.1 Å². The predicted octanol–water partition coefficient (Wildman–Crippen LogP) is 2.88. The van der Waals surface area contributed by atoms with Crippen LogP contribution in [0.3, 0.4) is 0 Å². The van der Waals surface area contributed by atoms with Crippen LogP contribution in [0, 0.1) is 0 Å². The maximum Gasteiger partial charge on any atom is 0.0476 e. The predicted molar refractivity (Wildman–Crippen MR) is 61.9 cm³/mol. The molecule has 0 spiro atoms. The smallest absolute Gasteiger partial charge is 0.0476 e. The molecule has 2 heterocycles. The van der Waals surface area contributed by atoms with Gasteiger partial charge in [0.05, 0.1) is 0 Å². The van der Waals surface area contributed by atoms with E-state index in [1.807, 2.05) is 12.3 Å². The Morgan fingerprint density at radius 1 is 1.36 bits per heavy atom. The molecule has 0 atom stereocenters. The van der Waals surface area contributed by atoms with Gasteiger partial charge in [-0.15, -0.1) is 11.3 Å². The maximum absolute atomic E-state index is 4.11. The van der Waals surface area contributed by atoms with Crippen LogP contribution in [0.4, 0.5) is 5.69 Å². The average Bonchev–Trinajstić information content (AvgIpc) is 2.68. The van der Waals surface area contributed by atoms with Crippen LogP contribution in [0.1, 0.15) is 0 Å². The molecule has 0 saturated carbocycles. The van der Waals surface area contributed by atoms with E-state index in [0.717, 1.165) is 0 Å². The second-order valence-electron chi connectivity index (χ2n) is 3.31. The van der Waals surface area contributed by atoms with Gasteiger partial charge in [0.25, 0.3) is 0 Å². The Kier molecular flexibility index (Phi) is 2.50. The van der Waals surface area contributed by atoms with Gasteiger partial charge in [-0.1, -0.05) is 6.07 Å². The summed E-state index contributed by atoms with van der Waals surface area (Å²) in [6, 6.07) is 6.23. The highest BCUT2D eigenvalue weighted by molar-refractivity contribution is 7.14. The number of nitrogens with zero attached hydrogens (tertiary/aromatic N) is 2. The first-order chi connectivity index (χ1) is 6.77. The van der Waals surface area contributed by atoms with E-state index in [2.05, 4.69) is 41.5 Å². The van der Waals surface area contributed by atoms with Crippen molar-refractivity contribution in [3.05, 3.63) is 36.0 Å². The molecule has 0 aliphatic heterocycles. The number of aromatic nitrogens is 1. The molecule has 0 N–H and O–H groups in total. The first kappa shape index (κ1) is 9.21. The molecule has 0 fully saturated rings. The zero-order valence-corrected chi connectivity index (χ0v) is 9.08. The third-order valence-electron chi connectivity index (χ3n) is 2.05. The van der Waals surface area contributed by atoms with Crippen LogP contribution in [0.15, 0.2) is 36.0 Å². The lowest BCUT2D eigenvalue weighted by atomic mass is 10.2. The van der Waals surface area contributed by atoms with Gasteiger partial charge >= 0.3 is 0 Å². The molecule has 0 amide bonds. The van der Waals surface area contributed by atoms with Crippen LogP contribution in [0.2, 0.25) is 0 Å². The molecule has 0 bridgehead atoms. The van der Waals surface area contributed by atoms with Crippen molar-refractivity contribution in [2.24, 2.45) is 0 Å². The summed E-state index contributed by atoms with van der Waals surface area (Å²) in [4.78, 5) is 7.48. The molecule has 2 aromatic rings. The SMILES string of the molecule is CN(C)c1csc(-c2cccnc2)c1. The average molecular weight is 204 g/mol. The highest BCUT2D eigenvalue weighted by Gasteiger charge is 2.02. The van der Waals surface area contributed by atoms with Crippen LogP contribution in [0.25, 0.3) is 10.4 Å². The van der Waals surface area contributed by atoms with E-state index in [0.29, 0.717) is 0 Å². The Morgan fingerprint density at radius 2 is 2.21 bits per heavy atom. The maximum atomic E-state index is 4.11. The Labute approximate surface area is 87.8 Å². The summed E-state index contributed by atoms with van der Waals surface area (Å²) >= 11 is 1.75. The molecule has 3 heteroatoms. The number of hydrogen-bond acceptors (Lipinski definition) is 3. The van der Waals surface area contributed by atoms with Gasteiger partial charge in [-0.25, -0.2) is 0 Å². The van der Waals surface area contributed by atoms with Crippen LogP contribution >= 0.6 is 11.3 Å². The fourth-order valence-electron chi connectivity index (χ4n) is 1.22. The lowest BCUT2D eigenvalue weighted by molar-refractivity contribution is 1.14. The third kappa shape index (κ3) is 1.77. The van der Waals surface area contributed by atoms with Gasteiger partial charge in [0, 0.05) is 48.0 Å². The first-order valence-corrected chi connectivity index (χ1v) is 5.31. The van der Waals surface area contributed by atoms with E-state index < -0.39 is 0 Å². The molecule has 72 valence electrons. The standard InChI is InChI=1S/C11H12N2S/c1-13(2)10-6-11(14-8-10)9-4-3-5-12-7-9/h3-8H,1-2H3. The Morgan fingerprint density at radius 3 is 2.79 bits per heavy atom. The number of hydrogen-bond donors (Lipinski definition) is 0. The molecule has 0 aliphatic carbocycles. The van der Waals surface area contributed by atoms with E-state index in [1.165, 1.54) is 16.1 Å². The lowest BCUT2D eigenvalue weighted by Crippen LogP contribution is -2.06.